The molecule has 1 unspecified atom stereocenters. The van der Waals surface area contributed by atoms with Gasteiger partial charge in [-0.15, -0.1) is 0 Å². The first-order valence-electron chi connectivity index (χ1n) is 9.41. The number of alkyl halides is 3. The quantitative estimate of drug-likeness (QED) is 0.356. The van der Waals surface area contributed by atoms with E-state index in [0.29, 0.717) is 11.8 Å². The Labute approximate surface area is 172 Å². The number of nitrogens with zero attached hydrogens (tertiary/aromatic N) is 3. The minimum absolute atomic E-state index is 0.0677. The molecule has 1 aromatic carbocycles. The molecular weight excluding hydrogens is 402 g/mol. The first kappa shape index (κ1) is 23.5. The van der Waals surface area contributed by atoms with Crippen LogP contribution < -0.4 is 0 Å². The van der Waals surface area contributed by atoms with Crippen molar-refractivity contribution in [2.24, 2.45) is 0 Å². The fourth-order valence-electron chi connectivity index (χ4n) is 2.72. The number of hydrogen-bond acceptors (Lipinski definition) is 5. The molecule has 9 heteroatoms. The van der Waals surface area contributed by atoms with Gasteiger partial charge in [0.15, 0.2) is 18.2 Å². The summed E-state index contributed by atoms with van der Waals surface area (Å²) < 4.78 is 52.2. The van der Waals surface area contributed by atoms with Gasteiger partial charge in [0.25, 0.3) is 0 Å². The first-order chi connectivity index (χ1) is 14.2. The van der Waals surface area contributed by atoms with Crippen LogP contribution >= 0.6 is 0 Å². The van der Waals surface area contributed by atoms with Gasteiger partial charge in [0.1, 0.15) is 5.82 Å². The Bertz CT molecular complexity index is 883. The van der Waals surface area contributed by atoms with Crippen LogP contribution in [0.25, 0.3) is 17.5 Å². The Morgan fingerprint density at radius 2 is 1.83 bits per heavy atom. The van der Waals surface area contributed by atoms with Crippen molar-refractivity contribution in [3.8, 4) is 11.4 Å². The second kappa shape index (κ2) is 10.3. The Balaban J connectivity index is 2.31. The number of hydrogen-bond donors (Lipinski definition) is 1. The minimum Gasteiger partial charge on any atom is -0.380 e. The predicted molar refractivity (Wildman–Crippen MR) is 105 cm³/mol. The molecule has 0 aliphatic heterocycles. The van der Waals surface area contributed by atoms with E-state index in [4.69, 9.17) is 0 Å². The smallest absolute Gasteiger partial charge is 0.380 e. The lowest BCUT2D eigenvalue weighted by Crippen LogP contribution is -2.20. The van der Waals surface area contributed by atoms with Crippen LogP contribution in [0.3, 0.4) is 0 Å². The standard InChI is InChI=1S/C21H23F4N3O2/c1-3-4-5-7-28(2)8-6-14-9-17(18(22)10-15(14)13-29)20-26-11-16(12-27-20)19(30)21(23,24)25/h6,8-13,19,30H,3-5,7H2,1-2H3/b8-6-. The van der Waals surface area contributed by atoms with Gasteiger partial charge in [0.2, 0.25) is 0 Å². The van der Waals surface area contributed by atoms with Gasteiger partial charge in [-0.1, -0.05) is 19.8 Å². The second-order valence-electron chi connectivity index (χ2n) is 6.87. The third-order valence-corrected chi connectivity index (χ3v) is 4.46. The number of rotatable bonds is 9. The molecule has 2 aromatic rings. The molecular formula is C21H23F4N3O2. The third kappa shape index (κ3) is 6.09. The van der Waals surface area contributed by atoms with Crippen molar-refractivity contribution in [3.63, 3.8) is 0 Å². The maximum Gasteiger partial charge on any atom is 0.418 e. The molecule has 0 aliphatic carbocycles. The number of aromatic nitrogens is 2. The van der Waals surface area contributed by atoms with E-state index in [-0.39, 0.29) is 17.0 Å². The van der Waals surface area contributed by atoms with Crippen molar-refractivity contribution in [1.82, 2.24) is 14.9 Å². The van der Waals surface area contributed by atoms with Gasteiger partial charge in [-0.2, -0.15) is 13.2 Å². The van der Waals surface area contributed by atoms with Crippen molar-refractivity contribution in [2.45, 2.75) is 38.5 Å². The first-order valence-corrected chi connectivity index (χ1v) is 9.41. The molecule has 30 heavy (non-hydrogen) atoms. The van der Waals surface area contributed by atoms with Crippen molar-refractivity contribution in [1.29, 1.82) is 0 Å². The largest absolute Gasteiger partial charge is 0.418 e. The molecule has 162 valence electrons. The SMILES string of the molecule is CCCCCN(C)/C=C\c1cc(-c2ncc(C(O)C(F)(F)F)cn2)c(F)cc1C=O. The fourth-order valence-corrected chi connectivity index (χ4v) is 2.72. The number of carbonyl (C=O) groups excluding carboxylic acids is 1. The van der Waals surface area contributed by atoms with Crippen molar-refractivity contribution in [3.05, 3.63) is 53.2 Å². The van der Waals surface area contributed by atoms with Crippen LogP contribution in [0.5, 0.6) is 0 Å². The summed E-state index contributed by atoms with van der Waals surface area (Å²) in [6.45, 7) is 2.92. The molecule has 2 rings (SSSR count). The summed E-state index contributed by atoms with van der Waals surface area (Å²) in [5.41, 5.74) is -0.0720. The highest BCUT2D eigenvalue weighted by Crippen LogP contribution is 2.32. The molecule has 0 radical (unpaired) electrons. The zero-order chi connectivity index (χ0) is 22.3. The molecule has 0 bridgehead atoms. The average Bonchev–Trinajstić information content (AvgIpc) is 2.71. The number of benzene rings is 1. The van der Waals surface area contributed by atoms with Crippen LogP contribution in [0.4, 0.5) is 17.6 Å². The Morgan fingerprint density at radius 1 is 1.17 bits per heavy atom. The highest BCUT2D eigenvalue weighted by molar-refractivity contribution is 5.84. The monoisotopic (exact) mass is 425 g/mol. The number of aliphatic hydroxyl groups excluding tert-OH is 1. The van der Waals surface area contributed by atoms with Gasteiger partial charge < -0.3 is 10.0 Å². The number of carbonyl (C=O) groups is 1. The van der Waals surface area contributed by atoms with Crippen LogP contribution in [-0.2, 0) is 0 Å². The number of aliphatic hydroxyl groups is 1. The minimum atomic E-state index is -4.86. The fraction of sp³-hybridized carbons (Fsp3) is 0.381. The topological polar surface area (TPSA) is 66.3 Å². The lowest BCUT2D eigenvalue weighted by atomic mass is 10.0. The highest BCUT2D eigenvalue weighted by Gasteiger charge is 2.39. The van der Waals surface area contributed by atoms with Crippen LogP contribution in [0, 0.1) is 5.82 Å². The maximum atomic E-state index is 14.5. The molecule has 1 heterocycles. The van der Waals surface area contributed by atoms with Gasteiger partial charge in [-0.3, -0.25) is 4.79 Å². The maximum absolute atomic E-state index is 14.5. The van der Waals surface area contributed by atoms with Gasteiger partial charge in [-0.25, -0.2) is 14.4 Å². The summed E-state index contributed by atoms with van der Waals surface area (Å²) >= 11 is 0. The van der Waals surface area contributed by atoms with Crippen LogP contribution in [-0.4, -0.2) is 46.0 Å². The summed E-state index contributed by atoms with van der Waals surface area (Å²) in [6.07, 6.45) is 1.14. The molecule has 0 saturated carbocycles. The zero-order valence-electron chi connectivity index (χ0n) is 16.7. The lowest BCUT2D eigenvalue weighted by Gasteiger charge is -2.15. The summed E-state index contributed by atoms with van der Waals surface area (Å²) in [7, 11) is 1.88. The van der Waals surface area contributed by atoms with E-state index in [2.05, 4.69) is 16.9 Å². The summed E-state index contributed by atoms with van der Waals surface area (Å²) in [5.74, 6) is -0.941. The molecule has 1 atom stereocenters. The van der Waals surface area contributed by atoms with E-state index >= 15 is 0 Å². The Kier molecular flexibility index (Phi) is 8.05. The summed E-state index contributed by atoms with van der Waals surface area (Å²) in [5, 5.41) is 9.25. The van der Waals surface area contributed by atoms with Crippen molar-refractivity contribution >= 4 is 12.4 Å². The van der Waals surface area contributed by atoms with E-state index in [0.717, 1.165) is 44.3 Å². The summed E-state index contributed by atoms with van der Waals surface area (Å²) in [6, 6.07) is 2.39. The highest BCUT2D eigenvalue weighted by atomic mass is 19.4. The van der Waals surface area contributed by atoms with Gasteiger partial charge >= 0.3 is 6.18 Å². The normalized spacial score (nSPS) is 12.9. The number of aldehydes is 1. The molecule has 0 saturated heterocycles. The van der Waals surface area contributed by atoms with E-state index in [9.17, 15) is 27.5 Å². The Hall–Kier alpha value is -2.81. The molecule has 0 amide bonds. The molecule has 1 aromatic heterocycles. The zero-order valence-corrected chi connectivity index (χ0v) is 16.7. The summed E-state index contributed by atoms with van der Waals surface area (Å²) in [4.78, 5) is 20.8. The van der Waals surface area contributed by atoms with Crippen LogP contribution in [0.2, 0.25) is 0 Å². The Morgan fingerprint density at radius 3 is 2.40 bits per heavy atom. The van der Waals surface area contributed by atoms with Gasteiger partial charge in [-0.05, 0) is 36.4 Å². The van der Waals surface area contributed by atoms with E-state index < -0.39 is 23.7 Å². The third-order valence-electron chi connectivity index (χ3n) is 4.46. The van der Waals surface area contributed by atoms with Gasteiger partial charge in [0.05, 0.1) is 5.56 Å². The van der Waals surface area contributed by atoms with Crippen LogP contribution in [0.1, 0.15) is 53.8 Å². The molecule has 0 spiro atoms. The van der Waals surface area contributed by atoms with Crippen LogP contribution in [0.15, 0.2) is 30.7 Å². The van der Waals surface area contributed by atoms with Crippen molar-refractivity contribution < 1.29 is 27.5 Å². The molecule has 0 aliphatic rings. The molecule has 0 fully saturated rings. The second-order valence-corrected chi connectivity index (χ2v) is 6.87. The molecule has 5 nitrogen and oxygen atoms in total. The van der Waals surface area contributed by atoms with E-state index in [1.807, 2.05) is 11.9 Å². The lowest BCUT2D eigenvalue weighted by molar-refractivity contribution is -0.206. The molecule has 1 N–H and O–H groups in total. The van der Waals surface area contributed by atoms with Gasteiger partial charge in [0, 0.05) is 37.1 Å². The predicted octanol–water partition coefficient (Wildman–Crippen LogP) is 4.78. The van der Waals surface area contributed by atoms with E-state index in [1.165, 1.54) is 6.07 Å². The number of halogens is 4. The average molecular weight is 425 g/mol. The number of unbranched alkanes of at least 4 members (excludes halogenated alkanes) is 2. The van der Waals surface area contributed by atoms with E-state index in [1.54, 1.807) is 12.3 Å². The van der Waals surface area contributed by atoms with Crippen molar-refractivity contribution in [2.75, 3.05) is 13.6 Å².